The third-order valence-corrected chi connectivity index (χ3v) is 6.21. The summed E-state index contributed by atoms with van der Waals surface area (Å²) in [5, 5.41) is 3.67. The summed E-state index contributed by atoms with van der Waals surface area (Å²) in [6.07, 6.45) is 2.56. The number of carbonyl (C=O) groups excluding carboxylic acids is 2. The molecule has 0 fully saturated rings. The van der Waals surface area contributed by atoms with Crippen LogP contribution in [0.25, 0.3) is 0 Å². The fourth-order valence-electron chi connectivity index (χ4n) is 4.34. The van der Waals surface area contributed by atoms with Gasteiger partial charge in [-0.15, -0.1) is 0 Å². The number of unbranched alkanes of at least 4 members (excludes halogenated alkanes) is 1. The summed E-state index contributed by atoms with van der Waals surface area (Å²) in [5.41, 5.74) is 5.09. The lowest BCUT2D eigenvalue weighted by Crippen LogP contribution is -2.51. The Labute approximate surface area is 214 Å². The highest BCUT2D eigenvalue weighted by Gasteiger charge is 2.30. The Hall–Kier alpha value is -3.11. The number of nitrogens with one attached hydrogen (secondary N) is 1. The minimum atomic E-state index is -0.633. The molecule has 3 aromatic rings. The average Bonchev–Trinajstić information content (AvgIpc) is 2.81. The molecule has 3 aromatic carbocycles. The molecule has 0 spiro atoms. The molecule has 2 amide bonds. The number of aryl methyl sites for hydroxylation is 2. The zero-order valence-electron chi connectivity index (χ0n) is 20.9. The van der Waals surface area contributed by atoms with Crippen LogP contribution in [0.5, 0.6) is 0 Å². The molecule has 0 saturated heterocycles. The van der Waals surface area contributed by atoms with E-state index in [1.54, 1.807) is 4.90 Å². The first-order valence-corrected chi connectivity index (χ1v) is 12.7. The molecule has 4 nitrogen and oxygen atoms in total. The van der Waals surface area contributed by atoms with E-state index in [4.69, 9.17) is 11.6 Å². The first-order valence-electron chi connectivity index (χ1n) is 12.3. The lowest BCUT2D eigenvalue weighted by atomic mass is 10.00. The average molecular weight is 491 g/mol. The van der Waals surface area contributed by atoms with E-state index >= 15 is 0 Å². The summed E-state index contributed by atoms with van der Waals surface area (Å²) in [7, 11) is 0. The van der Waals surface area contributed by atoms with E-state index in [2.05, 4.69) is 18.3 Å². The first-order chi connectivity index (χ1) is 16.9. The first kappa shape index (κ1) is 26.5. The zero-order valence-corrected chi connectivity index (χ0v) is 21.6. The zero-order chi connectivity index (χ0) is 25.2. The van der Waals surface area contributed by atoms with Crippen molar-refractivity contribution in [3.05, 3.63) is 106 Å². The van der Waals surface area contributed by atoms with Crippen molar-refractivity contribution in [2.24, 2.45) is 0 Å². The topological polar surface area (TPSA) is 49.4 Å². The fourth-order valence-corrected chi connectivity index (χ4v) is 4.55. The van der Waals surface area contributed by atoms with Gasteiger partial charge >= 0.3 is 0 Å². The summed E-state index contributed by atoms with van der Waals surface area (Å²) in [4.78, 5) is 29.0. The molecule has 5 heteroatoms. The van der Waals surface area contributed by atoms with Crippen molar-refractivity contribution in [1.82, 2.24) is 10.2 Å². The minimum absolute atomic E-state index is 0.0819. The van der Waals surface area contributed by atoms with Gasteiger partial charge in [-0.3, -0.25) is 9.59 Å². The van der Waals surface area contributed by atoms with Crippen molar-refractivity contribution in [3.8, 4) is 0 Å². The lowest BCUT2D eigenvalue weighted by molar-refractivity contribution is -0.140. The van der Waals surface area contributed by atoms with Crippen LogP contribution in [0, 0.1) is 13.8 Å². The van der Waals surface area contributed by atoms with Crippen LogP contribution in [0.15, 0.2) is 72.8 Å². The van der Waals surface area contributed by atoms with Crippen LogP contribution in [-0.4, -0.2) is 29.3 Å². The second kappa shape index (κ2) is 13.1. The van der Waals surface area contributed by atoms with E-state index < -0.39 is 6.04 Å². The van der Waals surface area contributed by atoms with Gasteiger partial charge in [-0.2, -0.15) is 0 Å². The molecule has 0 aliphatic carbocycles. The van der Waals surface area contributed by atoms with Crippen molar-refractivity contribution in [2.45, 2.75) is 59.0 Å². The third-order valence-electron chi connectivity index (χ3n) is 5.98. The van der Waals surface area contributed by atoms with E-state index in [0.717, 1.165) is 40.7 Å². The number of benzene rings is 3. The van der Waals surface area contributed by atoms with Crippen molar-refractivity contribution in [2.75, 3.05) is 6.54 Å². The maximum atomic E-state index is 13.8. The van der Waals surface area contributed by atoms with Crippen LogP contribution in [0.3, 0.4) is 0 Å². The van der Waals surface area contributed by atoms with Crippen molar-refractivity contribution >= 4 is 23.4 Å². The molecule has 184 valence electrons. The molecule has 1 atom stereocenters. The molecule has 0 saturated carbocycles. The number of rotatable bonds is 11. The summed E-state index contributed by atoms with van der Waals surface area (Å²) in [6, 6.07) is 22.9. The van der Waals surface area contributed by atoms with Crippen molar-refractivity contribution in [1.29, 1.82) is 0 Å². The Morgan fingerprint density at radius 2 is 1.57 bits per heavy atom. The van der Waals surface area contributed by atoms with E-state index in [1.807, 2.05) is 80.6 Å². The molecule has 35 heavy (non-hydrogen) atoms. The predicted octanol–water partition coefficient (Wildman–Crippen LogP) is 6.06. The normalized spacial score (nSPS) is 11.7. The molecule has 0 unspecified atom stereocenters. The number of halogens is 1. The van der Waals surface area contributed by atoms with E-state index in [-0.39, 0.29) is 18.2 Å². The highest BCUT2D eigenvalue weighted by atomic mass is 35.5. The largest absolute Gasteiger partial charge is 0.354 e. The second-order valence-corrected chi connectivity index (χ2v) is 9.61. The van der Waals surface area contributed by atoms with Gasteiger partial charge in [0, 0.05) is 24.5 Å². The highest BCUT2D eigenvalue weighted by Crippen LogP contribution is 2.19. The minimum Gasteiger partial charge on any atom is -0.354 e. The summed E-state index contributed by atoms with van der Waals surface area (Å²) < 4.78 is 0. The van der Waals surface area contributed by atoms with Crippen LogP contribution >= 0.6 is 11.6 Å². The summed E-state index contributed by atoms with van der Waals surface area (Å²) in [5.74, 6) is -0.209. The van der Waals surface area contributed by atoms with Crippen LogP contribution in [-0.2, 0) is 29.0 Å². The Balaban J connectivity index is 1.96. The Kier molecular flexibility index (Phi) is 9.92. The number of nitrogens with zero attached hydrogens (tertiary/aromatic N) is 1. The van der Waals surface area contributed by atoms with Gasteiger partial charge in [-0.05, 0) is 49.1 Å². The maximum absolute atomic E-state index is 13.8. The lowest BCUT2D eigenvalue weighted by Gasteiger charge is -2.32. The van der Waals surface area contributed by atoms with Gasteiger partial charge in [0.1, 0.15) is 6.04 Å². The molecule has 0 aromatic heterocycles. The van der Waals surface area contributed by atoms with Crippen LogP contribution in [0.2, 0.25) is 5.02 Å². The van der Waals surface area contributed by atoms with E-state index in [0.29, 0.717) is 24.5 Å². The van der Waals surface area contributed by atoms with Crippen molar-refractivity contribution < 1.29 is 9.59 Å². The SMILES string of the molecule is CCCCNC(=O)[C@H](Cc1ccccc1)N(Cc1cccc(Cl)c1)C(=O)Cc1cc(C)cc(C)c1. The smallest absolute Gasteiger partial charge is 0.243 e. The summed E-state index contributed by atoms with van der Waals surface area (Å²) >= 11 is 6.25. The van der Waals surface area contributed by atoms with Gasteiger partial charge in [0.25, 0.3) is 0 Å². The molecule has 3 rings (SSSR count). The standard InChI is InChI=1S/C30H35ClN2O2/c1-4-5-14-32-30(35)28(19-24-10-7-6-8-11-24)33(21-25-12-9-13-27(31)18-25)29(34)20-26-16-22(2)15-23(3)17-26/h6-13,15-18,28H,4-5,14,19-21H2,1-3H3,(H,32,35)/t28-/m0/s1. The number of hydrogen-bond acceptors (Lipinski definition) is 2. The predicted molar refractivity (Wildman–Crippen MR) is 143 cm³/mol. The Morgan fingerprint density at radius 1 is 0.886 bits per heavy atom. The van der Waals surface area contributed by atoms with Gasteiger partial charge < -0.3 is 10.2 Å². The number of hydrogen-bond donors (Lipinski definition) is 1. The molecule has 1 N–H and O–H groups in total. The molecular formula is C30H35ClN2O2. The molecule has 0 bridgehead atoms. The van der Waals surface area contributed by atoms with Crippen LogP contribution < -0.4 is 5.32 Å². The molecule has 0 radical (unpaired) electrons. The second-order valence-electron chi connectivity index (χ2n) is 9.17. The molecule has 0 heterocycles. The molecular weight excluding hydrogens is 456 g/mol. The monoisotopic (exact) mass is 490 g/mol. The maximum Gasteiger partial charge on any atom is 0.243 e. The highest BCUT2D eigenvalue weighted by molar-refractivity contribution is 6.30. The van der Waals surface area contributed by atoms with Crippen LogP contribution in [0.1, 0.15) is 47.6 Å². The summed E-state index contributed by atoms with van der Waals surface area (Å²) in [6.45, 7) is 7.06. The van der Waals surface area contributed by atoms with Gasteiger partial charge in [0.15, 0.2) is 0 Å². The Morgan fingerprint density at radius 3 is 2.23 bits per heavy atom. The van der Waals surface area contributed by atoms with E-state index in [1.165, 1.54) is 0 Å². The van der Waals surface area contributed by atoms with Gasteiger partial charge in [-0.25, -0.2) is 0 Å². The van der Waals surface area contributed by atoms with Gasteiger partial charge in [-0.1, -0.05) is 96.7 Å². The Bertz CT molecular complexity index is 1110. The third kappa shape index (κ3) is 8.25. The fraction of sp³-hybridized carbons (Fsp3) is 0.333. The molecule has 0 aliphatic rings. The van der Waals surface area contributed by atoms with Gasteiger partial charge in [0.05, 0.1) is 6.42 Å². The van der Waals surface area contributed by atoms with Crippen LogP contribution in [0.4, 0.5) is 0 Å². The molecule has 0 aliphatic heterocycles. The van der Waals surface area contributed by atoms with Crippen molar-refractivity contribution in [3.63, 3.8) is 0 Å². The number of carbonyl (C=O) groups is 2. The van der Waals surface area contributed by atoms with Gasteiger partial charge in [0.2, 0.25) is 11.8 Å². The number of amides is 2. The van der Waals surface area contributed by atoms with E-state index in [9.17, 15) is 9.59 Å². The quantitative estimate of drug-likeness (QED) is 0.332.